The zero-order chi connectivity index (χ0) is 21.3. The van der Waals surface area contributed by atoms with Gasteiger partial charge in [-0.1, -0.05) is 35.9 Å². The van der Waals surface area contributed by atoms with E-state index in [1.54, 1.807) is 43.4 Å². The summed E-state index contributed by atoms with van der Waals surface area (Å²) < 4.78 is 0. The first-order chi connectivity index (χ1) is 13.7. The van der Waals surface area contributed by atoms with Crippen LogP contribution in [0.5, 0.6) is 0 Å². The van der Waals surface area contributed by atoms with Crippen LogP contribution in [0.25, 0.3) is 11.1 Å². The molecule has 5 unspecified atom stereocenters. The molecule has 2 aromatic rings. The molecule has 0 saturated heterocycles. The third-order valence-electron chi connectivity index (χ3n) is 5.69. The smallest absolute Gasteiger partial charge is 0.251 e. The fraction of sp³-hybridized carbons (Fsp3) is 0.381. The quantitative estimate of drug-likeness (QED) is 0.399. The Balaban J connectivity index is 1.81. The van der Waals surface area contributed by atoms with Gasteiger partial charge in [-0.15, -0.1) is 0 Å². The first-order valence-corrected chi connectivity index (χ1v) is 9.60. The largest absolute Gasteiger partial charge is 0.396 e. The molecule has 156 valence electrons. The number of aliphatic hydroxyl groups is 5. The number of rotatable bonds is 6. The number of benzene rings is 2. The van der Waals surface area contributed by atoms with Gasteiger partial charge < -0.3 is 30.8 Å². The maximum atomic E-state index is 11.8. The summed E-state index contributed by atoms with van der Waals surface area (Å²) in [6, 6.07) is 12.2. The summed E-state index contributed by atoms with van der Waals surface area (Å²) in [5.74, 6) is -1.25. The third kappa shape index (κ3) is 3.77. The highest BCUT2D eigenvalue weighted by atomic mass is 35.5. The summed E-state index contributed by atoms with van der Waals surface area (Å²) in [7, 11) is 1.55. The van der Waals surface area contributed by atoms with E-state index in [9.17, 15) is 30.3 Å². The average Bonchev–Trinajstić information content (AvgIpc) is 2.74. The minimum absolute atomic E-state index is 0.0752. The molecule has 7 nitrogen and oxygen atoms in total. The lowest BCUT2D eigenvalue weighted by molar-refractivity contribution is -0.300. The normalized spacial score (nSPS) is 27.2. The Morgan fingerprint density at radius 2 is 1.90 bits per heavy atom. The molecule has 0 aliphatic heterocycles. The van der Waals surface area contributed by atoms with Crippen LogP contribution >= 0.6 is 11.6 Å². The third-order valence-corrected chi connectivity index (χ3v) is 6.04. The Hall–Kier alpha value is -2.00. The van der Waals surface area contributed by atoms with Crippen molar-refractivity contribution in [1.82, 2.24) is 5.32 Å². The van der Waals surface area contributed by atoms with Crippen molar-refractivity contribution in [3.8, 4) is 11.1 Å². The molecule has 1 aliphatic carbocycles. The van der Waals surface area contributed by atoms with E-state index in [1.807, 2.05) is 6.07 Å². The lowest BCUT2D eigenvalue weighted by Crippen LogP contribution is -2.75. The summed E-state index contributed by atoms with van der Waals surface area (Å²) in [5.41, 5.74) is 0.582. The van der Waals surface area contributed by atoms with Gasteiger partial charge in [0.15, 0.2) is 0 Å². The maximum absolute atomic E-state index is 11.8. The number of hydrogen-bond donors (Lipinski definition) is 6. The molecule has 0 radical (unpaired) electrons. The topological polar surface area (TPSA) is 130 Å². The summed E-state index contributed by atoms with van der Waals surface area (Å²) in [5, 5.41) is 52.9. The number of carbonyl (C=O) groups is 1. The molecule has 0 bridgehead atoms. The monoisotopic (exact) mass is 421 g/mol. The highest BCUT2D eigenvalue weighted by Crippen LogP contribution is 2.43. The van der Waals surface area contributed by atoms with Gasteiger partial charge in [-0.3, -0.25) is 4.79 Å². The Bertz CT molecular complexity index is 906. The molecule has 6 N–H and O–H groups in total. The SMILES string of the molecule is CNC(=O)c1cccc(-c2ccc(CC(O)C3(O)C(O)C(O)C3CO)c(Cl)c2)c1. The summed E-state index contributed by atoms with van der Waals surface area (Å²) in [4.78, 5) is 11.8. The molecule has 29 heavy (non-hydrogen) atoms. The Labute approximate surface area is 173 Å². The predicted molar refractivity (Wildman–Crippen MR) is 108 cm³/mol. The fourth-order valence-electron chi connectivity index (χ4n) is 3.81. The van der Waals surface area contributed by atoms with Gasteiger partial charge in [0.2, 0.25) is 0 Å². The van der Waals surface area contributed by atoms with E-state index in [4.69, 9.17) is 11.6 Å². The Kier molecular flexibility index (Phi) is 6.28. The van der Waals surface area contributed by atoms with E-state index in [2.05, 4.69) is 5.32 Å². The van der Waals surface area contributed by atoms with E-state index in [0.717, 1.165) is 11.1 Å². The lowest BCUT2D eigenvalue weighted by Gasteiger charge is -2.55. The van der Waals surface area contributed by atoms with Gasteiger partial charge >= 0.3 is 0 Å². The number of carbonyl (C=O) groups excluding carboxylic acids is 1. The summed E-state index contributed by atoms with van der Waals surface area (Å²) >= 11 is 6.37. The van der Waals surface area contributed by atoms with Crippen molar-refractivity contribution in [3.63, 3.8) is 0 Å². The molecule has 1 aliphatic rings. The van der Waals surface area contributed by atoms with Crippen LogP contribution in [0.15, 0.2) is 42.5 Å². The van der Waals surface area contributed by atoms with Crippen molar-refractivity contribution in [2.45, 2.75) is 30.3 Å². The molecule has 8 heteroatoms. The number of nitrogens with one attached hydrogen (secondary N) is 1. The highest BCUT2D eigenvalue weighted by Gasteiger charge is 2.63. The zero-order valence-electron chi connectivity index (χ0n) is 15.8. The van der Waals surface area contributed by atoms with Gasteiger partial charge in [-0.25, -0.2) is 0 Å². The van der Waals surface area contributed by atoms with Crippen LogP contribution in [0.4, 0.5) is 0 Å². The molecule has 0 spiro atoms. The predicted octanol–water partition coefficient (Wildman–Crippen LogP) is 0.345. The van der Waals surface area contributed by atoms with Crippen molar-refractivity contribution >= 4 is 17.5 Å². The molecule has 0 heterocycles. The van der Waals surface area contributed by atoms with Crippen LogP contribution in [0.1, 0.15) is 15.9 Å². The summed E-state index contributed by atoms with van der Waals surface area (Å²) in [6.45, 7) is -0.569. The molecular weight excluding hydrogens is 398 g/mol. The molecule has 1 fully saturated rings. The van der Waals surface area contributed by atoms with Crippen LogP contribution < -0.4 is 5.32 Å². The second-order valence-electron chi connectivity index (χ2n) is 7.30. The van der Waals surface area contributed by atoms with Crippen LogP contribution in [-0.2, 0) is 6.42 Å². The van der Waals surface area contributed by atoms with Crippen LogP contribution in [-0.4, -0.2) is 69.0 Å². The van der Waals surface area contributed by atoms with Gasteiger partial charge in [0.05, 0.1) is 18.8 Å². The van der Waals surface area contributed by atoms with Crippen molar-refractivity contribution < 1.29 is 30.3 Å². The Morgan fingerprint density at radius 1 is 1.21 bits per heavy atom. The van der Waals surface area contributed by atoms with Crippen LogP contribution in [0.3, 0.4) is 0 Å². The minimum Gasteiger partial charge on any atom is -0.396 e. The minimum atomic E-state index is -2.02. The van der Waals surface area contributed by atoms with E-state index in [-0.39, 0.29) is 12.3 Å². The molecular formula is C21H24ClNO6. The van der Waals surface area contributed by atoms with Crippen LogP contribution in [0.2, 0.25) is 5.02 Å². The number of halogens is 1. The average molecular weight is 422 g/mol. The van der Waals surface area contributed by atoms with Crippen LogP contribution in [0, 0.1) is 5.92 Å². The molecule has 3 rings (SSSR count). The molecule has 5 atom stereocenters. The second kappa shape index (κ2) is 8.39. The maximum Gasteiger partial charge on any atom is 0.251 e. The fourth-order valence-corrected chi connectivity index (χ4v) is 4.07. The van der Waals surface area contributed by atoms with E-state index < -0.39 is 36.4 Å². The number of hydrogen-bond acceptors (Lipinski definition) is 6. The van der Waals surface area contributed by atoms with Crippen molar-refractivity contribution in [1.29, 1.82) is 0 Å². The van der Waals surface area contributed by atoms with E-state index in [1.165, 1.54) is 0 Å². The van der Waals surface area contributed by atoms with Gasteiger partial charge in [0.1, 0.15) is 11.7 Å². The van der Waals surface area contributed by atoms with Crippen molar-refractivity contribution in [2.24, 2.45) is 5.92 Å². The van der Waals surface area contributed by atoms with Crippen molar-refractivity contribution in [2.75, 3.05) is 13.7 Å². The lowest BCUT2D eigenvalue weighted by atomic mass is 9.61. The first kappa shape index (κ1) is 21.7. The van der Waals surface area contributed by atoms with Gasteiger partial charge in [-0.05, 0) is 34.9 Å². The highest BCUT2D eigenvalue weighted by molar-refractivity contribution is 6.31. The molecule has 1 saturated carbocycles. The first-order valence-electron chi connectivity index (χ1n) is 9.22. The number of aliphatic hydroxyl groups excluding tert-OH is 4. The molecule has 2 aromatic carbocycles. The van der Waals surface area contributed by atoms with Crippen molar-refractivity contribution in [3.05, 3.63) is 58.6 Å². The summed E-state index contributed by atoms with van der Waals surface area (Å²) in [6.07, 6.45) is -4.36. The Morgan fingerprint density at radius 3 is 2.52 bits per heavy atom. The number of amides is 1. The molecule has 1 amide bonds. The van der Waals surface area contributed by atoms with Gasteiger partial charge in [0.25, 0.3) is 5.91 Å². The van der Waals surface area contributed by atoms with Gasteiger partial charge in [-0.2, -0.15) is 0 Å². The second-order valence-corrected chi connectivity index (χ2v) is 7.71. The zero-order valence-corrected chi connectivity index (χ0v) is 16.5. The van der Waals surface area contributed by atoms with Gasteiger partial charge in [0, 0.05) is 30.0 Å². The van der Waals surface area contributed by atoms with E-state index >= 15 is 0 Å². The molecule has 0 aromatic heterocycles. The van der Waals surface area contributed by atoms with E-state index in [0.29, 0.717) is 16.1 Å². The standard InChI is InChI=1S/C21H24ClNO6/c1-23-20(28)14-4-2-3-11(7-14)12-5-6-13(16(22)8-12)9-17(25)21(29)15(10-24)18(26)19(21)27/h2-8,15,17-19,24-27,29H,9-10H2,1H3,(H,23,28).